The fourth-order valence-electron chi connectivity index (χ4n) is 2.27. The summed E-state index contributed by atoms with van der Waals surface area (Å²) >= 11 is 0. The minimum absolute atomic E-state index is 0.140. The molecular weight excluding hydrogens is 316 g/mol. The van der Waals surface area contributed by atoms with Crippen molar-refractivity contribution in [3.05, 3.63) is 0 Å². The number of amides is 1. The molecule has 0 heterocycles. The van der Waals surface area contributed by atoms with Gasteiger partial charge in [0.15, 0.2) is 0 Å². The number of hydrogen-bond donors (Lipinski definition) is 2. The predicted molar refractivity (Wildman–Crippen MR) is 77.5 cm³/mol. The van der Waals surface area contributed by atoms with Crippen LogP contribution in [0.3, 0.4) is 0 Å². The molecular formula is C13H23FNO6P. The van der Waals surface area contributed by atoms with E-state index >= 15 is 0 Å². The van der Waals surface area contributed by atoms with Crippen molar-refractivity contribution in [1.82, 2.24) is 5.32 Å². The van der Waals surface area contributed by atoms with E-state index in [1.807, 2.05) is 0 Å². The van der Waals surface area contributed by atoms with E-state index in [-0.39, 0.29) is 11.9 Å². The predicted octanol–water partition coefficient (Wildman–Crippen LogP) is 2.03. The average molecular weight is 339 g/mol. The van der Waals surface area contributed by atoms with Crippen molar-refractivity contribution in [3.63, 3.8) is 0 Å². The zero-order chi connectivity index (χ0) is 16.6. The quantitative estimate of drug-likeness (QED) is 0.418. The zero-order valence-electron chi connectivity index (χ0n) is 12.6. The highest BCUT2D eigenvalue weighted by molar-refractivity contribution is 7.57. The van der Waals surface area contributed by atoms with Crippen molar-refractivity contribution in [2.45, 2.75) is 38.3 Å². The lowest BCUT2D eigenvalue weighted by molar-refractivity contribution is -0.157. The van der Waals surface area contributed by atoms with Crippen LogP contribution in [0.15, 0.2) is 0 Å². The highest BCUT2D eigenvalue weighted by atomic mass is 31.2. The number of esters is 1. The van der Waals surface area contributed by atoms with Gasteiger partial charge in [-0.25, -0.2) is 9.18 Å². The van der Waals surface area contributed by atoms with Crippen LogP contribution < -0.4 is 5.32 Å². The lowest BCUT2D eigenvalue weighted by Gasteiger charge is -2.19. The van der Waals surface area contributed by atoms with E-state index in [1.165, 1.54) is 0 Å². The van der Waals surface area contributed by atoms with E-state index < -0.39 is 39.1 Å². The standard InChI is InChI=1S/C13H23FNO6P/c1-22(18,19)8-11(14)7-15-13(17)21-9-20-12(16)10-5-3-2-4-6-10/h10-11H,2-9H2,1H3,(H,15,17)(H,18,19). The monoisotopic (exact) mass is 339 g/mol. The molecule has 2 unspecified atom stereocenters. The van der Waals surface area contributed by atoms with Crippen LogP contribution in [-0.2, 0) is 18.8 Å². The first-order valence-corrected chi connectivity index (χ1v) is 9.58. The summed E-state index contributed by atoms with van der Waals surface area (Å²) in [4.78, 5) is 31.9. The van der Waals surface area contributed by atoms with Crippen LogP contribution in [0, 0.1) is 5.92 Å². The molecule has 1 aliphatic rings. The van der Waals surface area contributed by atoms with Gasteiger partial charge in [0.1, 0.15) is 6.17 Å². The summed E-state index contributed by atoms with van der Waals surface area (Å²) in [5.74, 6) is -0.526. The van der Waals surface area contributed by atoms with Crippen molar-refractivity contribution in [2.24, 2.45) is 5.92 Å². The molecule has 1 amide bonds. The maximum Gasteiger partial charge on any atom is 0.410 e. The first kappa shape index (κ1) is 18.9. The van der Waals surface area contributed by atoms with Gasteiger partial charge in [0.25, 0.3) is 0 Å². The molecule has 0 spiro atoms. The van der Waals surface area contributed by atoms with E-state index in [9.17, 15) is 18.5 Å². The van der Waals surface area contributed by atoms with E-state index in [0.29, 0.717) is 0 Å². The largest absolute Gasteiger partial charge is 0.428 e. The molecule has 9 heteroatoms. The average Bonchev–Trinajstić information content (AvgIpc) is 2.44. The van der Waals surface area contributed by atoms with Crippen molar-refractivity contribution < 1.29 is 32.9 Å². The van der Waals surface area contributed by atoms with Gasteiger partial charge in [-0.3, -0.25) is 9.36 Å². The Morgan fingerprint density at radius 2 is 1.95 bits per heavy atom. The summed E-state index contributed by atoms with van der Waals surface area (Å²) in [7, 11) is -3.47. The fraction of sp³-hybridized carbons (Fsp3) is 0.846. The van der Waals surface area contributed by atoms with Gasteiger partial charge in [0.05, 0.1) is 18.6 Å². The molecule has 0 aliphatic heterocycles. The summed E-state index contributed by atoms with van der Waals surface area (Å²) in [5.41, 5.74) is 0. The number of carbonyl (C=O) groups excluding carboxylic acids is 2. The number of carbonyl (C=O) groups is 2. The SMILES string of the molecule is CP(=O)(O)CC(F)CNC(=O)OCOC(=O)C1CCCCC1. The van der Waals surface area contributed by atoms with E-state index in [1.54, 1.807) is 0 Å². The molecule has 0 bridgehead atoms. The third-order valence-corrected chi connectivity index (χ3v) is 4.41. The van der Waals surface area contributed by atoms with Crippen LogP contribution in [0.2, 0.25) is 0 Å². The molecule has 7 nitrogen and oxygen atoms in total. The van der Waals surface area contributed by atoms with E-state index in [4.69, 9.17) is 9.63 Å². The number of alkyl carbamates (subject to hydrolysis) is 1. The number of hydrogen-bond acceptors (Lipinski definition) is 5. The smallest absolute Gasteiger partial charge is 0.410 e. The van der Waals surface area contributed by atoms with Crippen LogP contribution in [0.4, 0.5) is 9.18 Å². The van der Waals surface area contributed by atoms with Gasteiger partial charge in [0.2, 0.25) is 14.2 Å². The van der Waals surface area contributed by atoms with Crippen LogP contribution in [0.1, 0.15) is 32.1 Å². The second kappa shape index (κ2) is 9.10. The highest BCUT2D eigenvalue weighted by Gasteiger charge is 2.23. The van der Waals surface area contributed by atoms with Crippen molar-refractivity contribution in [2.75, 3.05) is 26.2 Å². The first-order chi connectivity index (χ1) is 10.3. The molecule has 0 radical (unpaired) electrons. The molecule has 0 saturated heterocycles. The molecule has 0 aromatic carbocycles. The van der Waals surface area contributed by atoms with Gasteiger partial charge < -0.3 is 19.7 Å². The zero-order valence-corrected chi connectivity index (χ0v) is 13.5. The van der Waals surface area contributed by atoms with Crippen LogP contribution >= 0.6 is 7.37 Å². The minimum atomic E-state index is -3.47. The van der Waals surface area contributed by atoms with Gasteiger partial charge >= 0.3 is 12.1 Å². The Balaban J connectivity index is 2.12. The summed E-state index contributed by atoms with van der Waals surface area (Å²) in [6.45, 7) is 0.0841. The van der Waals surface area contributed by atoms with Crippen molar-refractivity contribution >= 4 is 19.4 Å². The Morgan fingerprint density at radius 3 is 2.55 bits per heavy atom. The fourth-order valence-corrected chi connectivity index (χ4v) is 3.14. The van der Waals surface area contributed by atoms with Gasteiger partial charge in [-0.05, 0) is 12.8 Å². The third-order valence-electron chi connectivity index (χ3n) is 3.33. The number of halogens is 1. The molecule has 22 heavy (non-hydrogen) atoms. The second-order valence-electron chi connectivity index (χ2n) is 5.56. The molecule has 0 aromatic rings. The molecule has 0 aromatic heterocycles. The van der Waals surface area contributed by atoms with Gasteiger partial charge in [-0.2, -0.15) is 0 Å². The third kappa shape index (κ3) is 8.34. The number of alkyl halides is 1. The Hall–Kier alpha value is -1.14. The van der Waals surface area contributed by atoms with Crippen LogP contribution in [0.5, 0.6) is 0 Å². The van der Waals surface area contributed by atoms with Crippen LogP contribution in [0.25, 0.3) is 0 Å². The second-order valence-corrected chi connectivity index (χ2v) is 8.03. The minimum Gasteiger partial charge on any atom is -0.428 e. The van der Waals surface area contributed by atoms with Crippen LogP contribution in [-0.4, -0.2) is 49.3 Å². The van der Waals surface area contributed by atoms with Gasteiger partial charge in [-0.1, -0.05) is 19.3 Å². The Morgan fingerprint density at radius 1 is 1.32 bits per heavy atom. The first-order valence-electron chi connectivity index (χ1n) is 7.28. The Labute approximate surface area is 129 Å². The Kier molecular flexibility index (Phi) is 7.82. The molecule has 2 N–H and O–H groups in total. The van der Waals surface area contributed by atoms with Gasteiger partial charge in [-0.15, -0.1) is 0 Å². The molecule has 1 rings (SSSR count). The lowest BCUT2D eigenvalue weighted by atomic mass is 9.89. The van der Waals surface area contributed by atoms with Crippen molar-refractivity contribution in [3.8, 4) is 0 Å². The van der Waals surface area contributed by atoms with Gasteiger partial charge in [0, 0.05) is 6.66 Å². The normalized spacial score (nSPS) is 19.8. The van der Waals surface area contributed by atoms with E-state index in [0.717, 1.165) is 38.8 Å². The number of ether oxygens (including phenoxy) is 2. The van der Waals surface area contributed by atoms with Crippen molar-refractivity contribution in [1.29, 1.82) is 0 Å². The number of rotatable bonds is 7. The molecule has 1 fully saturated rings. The summed E-state index contributed by atoms with van der Waals surface area (Å²) in [6.07, 6.45) is 1.55. The summed E-state index contributed by atoms with van der Waals surface area (Å²) in [5, 5.41) is 2.10. The lowest BCUT2D eigenvalue weighted by Crippen LogP contribution is -2.33. The molecule has 1 aliphatic carbocycles. The number of nitrogens with one attached hydrogen (secondary N) is 1. The highest BCUT2D eigenvalue weighted by Crippen LogP contribution is 2.36. The maximum absolute atomic E-state index is 13.3. The molecule has 1 saturated carbocycles. The molecule has 2 atom stereocenters. The summed E-state index contributed by atoms with van der Waals surface area (Å²) < 4.78 is 33.7. The summed E-state index contributed by atoms with van der Waals surface area (Å²) in [6, 6.07) is 0. The van der Waals surface area contributed by atoms with E-state index in [2.05, 4.69) is 10.1 Å². The molecule has 128 valence electrons. The topological polar surface area (TPSA) is 102 Å². The Bertz CT molecular complexity index is 421. The maximum atomic E-state index is 13.3.